The Bertz CT molecular complexity index is 295. The summed E-state index contributed by atoms with van der Waals surface area (Å²) in [4.78, 5) is 2.56. The monoisotopic (exact) mass is 210 g/mol. The van der Waals surface area contributed by atoms with Crippen LogP contribution in [0.1, 0.15) is 18.9 Å². The standard InChI is InChI=1S/C11H18N2S/c1-3-10-6-12-4-5-13(10)11-8-14-7-9(11)2/h7-8,10,12H,3-6H2,1-2H3. The molecule has 1 saturated heterocycles. The third-order valence-corrected chi connectivity index (χ3v) is 3.81. The molecule has 1 aliphatic heterocycles. The molecule has 1 fully saturated rings. The van der Waals surface area contributed by atoms with Crippen LogP contribution in [0.5, 0.6) is 0 Å². The smallest absolute Gasteiger partial charge is 0.0507 e. The average molecular weight is 210 g/mol. The second-order valence-electron chi connectivity index (χ2n) is 3.90. The lowest BCUT2D eigenvalue weighted by Gasteiger charge is -2.37. The molecule has 0 spiro atoms. The van der Waals surface area contributed by atoms with Crippen LogP contribution in [-0.2, 0) is 0 Å². The van der Waals surface area contributed by atoms with Crippen molar-refractivity contribution in [2.45, 2.75) is 26.3 Å². The van der Waals surface area contributed by atoms with Crippen molar-refractivity contribution in [2.24, 2.45) is 0 Å². The zero-order valence-corrected chi connectivity index (χ0v) is 9.73. The quantitative estimate of drug-likeness (QED) is 0.805. The zero-order chi connectivity index (χ0) is 9.97. The van der Waals surface area contributed by atoms with Gasteiger partial charge in [0.1, 0.15) is 0 Å². The highest BCUT2D eigenvalue weighted by Crippen LogP contribution is 2.27. The number of nitrogens with one attached hydrogen (secondary N) is 1. The first-order chi connectivity index (χ1) is 6.83. The number of hydrogen-bond acceptors (Lipinski definition) is 3. The highest BCUT2D eigenvalue weighted by Gasteiger charge is 2.21. The highest BCUT2D eigenvalue weighted by molar-refractivity contribution is 7.08. The molecule has 0 radical (unpaired) electrons. The van der Waals surface area contributed by atoms with Crippen LogP contribution in [0.25, 0.3) is 0 Å². The predicted molar refractivity (Wildman–Crippen MR) is 63.4 cm³/mol. The maximum atomic E-state index is 3.46. The molecule has 14 heavy (non-hydrogen) atoms. The number of thiophene rings is 1. The van der Waals surface area contributed by atoms with Gasteiger partial charge in [-0.1, -0.05) is 6.92 Å². The Hall–Kier alpha value is -0.540. The minimum absolute atomic E-state index is 0.678. The van der Waals surface area contributed by atoms with Crippen LogP contribution in [0.2, 0.25) is 0 Å². The summed E-state index contributed by atoms with van der Waals surface area (Å²) in [5.41, 5.74) is 2.87. The van der Waals surface area contributed by atoms with Gasteiger partial charge in [0.15, 0.2) is 0 Å². The van der Waals surface area contributed by atoms with Gasteiger partial charge >= 0.3 is 0 Å². The normalized spacial score (nSPS) is 22.7. The van der Waals surface area contributed by atoms with E-state index >= 15 is 0 Å². The fourth-order valence-corrected chi connectivity index (χ4v) is 2.93. The lowest BCUT2D eigenvalue weighted by molar-refractivity contribution is 0.466. The summed E-state index contributed by atoms with van der Waals surface area (Å²) in [7, 11) is 0. The lowest BCUT2D eigenvalue weighted by atomic mass is 10.1. The van der Waals surface area contributed by atoms with E-state index in [1.165, 1.54) is 17.7 Å². The molecule has 2 nitrogen and oxygen atoms in total. The summed E-state index contributed by atoms with van der Waals surface area (Å²) in [6.45, 7) is 7.88. The molecular weight excluding hydrogens is 192 g/mol. The number of piperazine rings is 1. The molecule has 0 bridgehead atoms. The van der Waals surface area contributed by atoms with Crippen molar-refractivity contribution in [2.75, 3.05) is 24.5 Å². The number of anilines is 1. The molecule has 78 valence electrons. The van der Waals surface area contributed by atoms with Crippen LogP contribution in [0.4, 0.5) is 5.69 Å². The Kier molecular flexibility index (Phi) is 3.08. The van der Waals surface area contributed by atoms with E-state index < -0.39 is 0 Å². The van der Waals surface area contributed by atoms with E-state index in [4.69, 9.17) is 0 Å². The Balaban J connectivity index is 2.19. The molecule has 1 unspecified atom stereocenters. The molecule has 2 heterocycles. The van der Waals surface area contributed by atoms with E-state index in [0.717, 1.165) is 19.6 Å². The minimum Gasteiger partial charge on any atom is -0.365 e. The predicted octanol–water partition coefficient (Wildman–Crippen LogP) is 2.24. The van der Waals surface area contributed by atoms with Gasteiger partial charge in [-0.25, -0.2) is 0 Å². The third kappa shape index (κ3) is 1.79. The van der Waals surface area contributed by atoms with Crippen molar-refractivity contribution < 1.29 is 0 Å². The van der Waals surface area contributed by atoms with Crippen LogP contribution >= 0.6 is 11.3 Å². The van der Waals surface area contributed by atoms with Crippen LogP contribution in [0.3, 0.4) is 0 Å². The topological polar surface area (TPSA) is 15.3 Å². The molecule has 1 atom stereocenters. The summed E-state index contributed by atoms with van der Waals surface area (Å²) in [5, 5.41) is 7.98. The van der Waals surface area contributed by atoms with Gasteiger partial charge in [-0.2, -0.15) is 0 Å². The van der Waals surface area contributed by atoms with Gasteiger partial charge in [0, 0.05) is 31.1 Å². The molecule has 1 N–H and O–H groups in total. The number of hydrogen-bond donors (Lipinski definition) is 1. The van der Waals surface area contributed by atoms with E-state index in [2.05, 4.69) is 34.8 Å². The molecule has 0 aliphatic carbocycles. The largest absolute Gasteiger partial charge is 0.365 e. The maximum absolute atomic E-state index is 3.46. The molecule has 0 amide bonds. The second-order valence-corrected chi connectivity index (χ2v) is 4.64. The first-order valence-electron chi connectivity index (χ1n) is 5.33. The molecule has 2 rings (SSSR count). The summed E-state index contributed by atoms with van der Waals surface area (Å²) in [5.74, 6) is 0. The van der Waals surface area contributed by atoms with Crippen LogP contribution in [-0.4, -0.2) is 25.7 Å². The van der Waals surface area contributed by atoms with Crippen LogP contribution in [0, 0.1) is 6.92 Å². The van der Waals surface area contributed by atoms with E-state index in [1.807, 2.05) is 11.3 Å². The second kappa shape index (κ2) is 4.32. The summed E-state index contributed by atoms with van der Waals surface area (Å²) in [6, 6.07) is 0.678. The Morgan fingerprint density at radius 1 is 1.57 bits per heavy atom. The van der Waals surface area contributed by atoms with Gasteiger partial charge in [0.05, 0.1) is 5.69 Å². The fraction of sp³-hybridized carbons (Fsp3) is 0.636. The molecule has 0 aromatic carbocycles. The minimum atomic E-state index is 0.678. The van der Waals surface area contributed by atoms with Crippen molar-refractivity contribution in [1.82, 2.24) is 5.32 Å². The Morgan fingerprint density at radius 3 is 3.07 bits per heavy atom. The zero-order valence-electron chi connectivity index (χ0n) is 8.92. The van der Waals surface area contributed by atoms with Gasteiger partial charge in [0.2, 0.25) is 0 Å². The van der Waals surface area contributed by atoms with Gasteiger partial charge in [0.25, 0.3) is 0 Å². The van der Waals surface area contributed by atoms with E-state index in [1.54, 1.807) is 0 Å². The Labute approximate surface area is 89.9 Å². The van der Waals surface area contributed by atoms with Crippen molar-refractivity contribution in [1.29, 1.82) is 0 Å². The summed E-state index contributed by atoms with van der Waals surface area (Å²) in [6.07, 6.45) is 1.22. The van der Waals surface area contributed by atoms with Gasteiger partial charge < -0.3 is 10.2 Å². The third-order valence-electron chi connectivity index (χ3n) is 2.96. The average Bonchev–Trinajstić information content (AvgIpc) is 2.64. The van der Waals surface area contributed by atoms with Gasteiger partial charge in [-0.15, -0.1) is 11.3 Å². The number of nitrogens with zero attached hydrogens (tertiary/aromatic N) is 1. The number of aryl methyl sites for hydroxylation is 1. The van der Waals surface area contributed by atoms with Gasteiger partial charge in [-0.3, -0.25) is 0 Å². The first kappa shape index (κ1) is 9.99. The number of rotatable bonds is 2. The summed E-state index contributed by atoms with van der Waals surface area (Å²) < 4.78 is 0. The van der Waals surface area contributed by atoms with E-state index in [9.17, 15) is 0 Å². The first-order valence-corrected chi connectivity index (χ1v) is 6.27. The van der Waals surface area contributed by atoms with Crippen molar-refractivity contribution in [3.63, 3.8) is 0 Å². The lowest BCUT2D eigenvalue weighted by Crippen LogP contribution is -2.51. The molecule has 0 saturated carbocycles. The van der Waals surface area contributed by atoms with Crippen LogP contribution in [0.15, 0.2) is 10.8 Å². The SMILES string of the molecule is CCC1CNCCN1c1cscc1C. The molecule has 1 aromatic rings. The fourth-order valence-electron chi connectivity index (χ4n) is 2.09. The molecular formula is C11H18N2S. The van der Waals surface area contributed by atoms with E-state index in [-0.39, 0.29) is 0 Å². The van der Waals surface area contributed by atoms with Crippen LogP contribution < -0.4 is 10.2 Å². The Morgan fingerprint density at radius 2 is 2.43 bits per heavy atom. The maximum Gasteiger partial charge on any atom is 0.0507 e. The van der Waals surface area contributed by atoms with Crippen molar-refractivity contribution in [3.8, 4) is 0 Å². The van der Waals surface area contributed by atoms with Gasteiger partial charge in [-0.05, 0) is 24.3 Å². The van der Waals surface area contributed by atoms with Crippen molar-refractivity contribution in [3.05, 3.63) is 16.3 Å². The highest BCUT2D eigenvalue weighted by atomic mass is 32.1. The molecule has 3 heteroatoms. The molecule has 1 aliphatic rings. The van der Waals surface area contributed by atoms with Crippen molar-refractivity contribution >= 4 is 17.0 Å². The summed E-state index contributed by atoms with van der Waals surface area (Å²) >= 11 is 1.81. The van der Waals surface area contributed by atoms with E-state index in [0.29, 0.717) is 6.04 Å². The molecule has 1 aromatic heterocycles.